The van der Waals surface area contributed by atoms with Gasteiger partial charge >= 0.3 is 0 Å². The Kier molecular flexibility index (Phi) is 7.87. The summed E-state index contributed by atoms with van der Waals surface area (Å²) in [4.78, 5) is 12.3. The number of hydrogen-bond donors (Lipinski definition) is 1. The molecule has 0 fully saturated rings. The van der Waals surface area contributed by atoms with Gasteiger partial charge in [0.05, 0.1) is 8.95 Å². The third kappa shape index (κ3) is 5.69. The third-order valence-corrected chi connectivity index (χ3v) is 5.04. The van der Waals surface area contributed by atoms with Crippen molar-refractivity contribution in [1.29, 1.82) is 5.26 Å². The van der Waals surface area contributed by atoms with Gasteiger partial charge in [-0.15, -0.1) is 0 Å². The topological polar surface area (TPSA) is 62.1 Å². The number of ether oxygens (including phenoxy) is 1. The quantitative estimate of drug-likeness (QED) is 0.197. The van der Waals surface area contributed by atoms with E-state index < -0.39 is 5.91 Å². The van der Waals surface area contributed by atoms with E-state index in [2.05, 4.69) is 66.3 Å². The molecule has 132 valence electrons. The Morgan fingerprint density at radius 1 is 1.27 bits per heavy atom. The molecule has 0 aliphatic carbocycles. The van der Waals surface area contributed by atoms with Crippen LogP contribution in [0.3, 0.4) is 0 Å². The maximum atomic E-state index is 12.3. The van der Waals surface area contributed by atoms with Crippen molar-refractivity contribution in [2.75, 3.05) is 11.9 Å². The van der Waals surface area contributed by atoms with Crippen LogP contribution in [0.1, 0.15) is 5.56 Å². The van der Waals surface area contributed by atoms with Crippen LogP contribution in [-0.4, -0.2) is 12.5 Å². The fourth-order valence-corrected chi connectivity index (χ4v) is 3.80. The third-order valence-electron chi connectivity index (χ3n) is 3.14. The zero-order valence-corrected chi connectivity index (χ0v) is 18.8. The molecule has 0 unspecified atom stereocenters. The summed E-state index contributed by atoms with van der Waals surface area (Å²) >= 11 is 9.05. The van der Waals surface area contributed by atoms with E-state index in [1.54, 1.807) is 30.3 Å². The van der Waals surface area contributed by atoms with Crippen molar-refractivity contribution in [3.63, 3.8) is 0 Å². The lowest BCUT2D eigenvalue weighted by Crippen LogP contribution is -2.13. The Labute approximate surface area is 182 Å². The van der Waals surface area contributed by atoms with Crippen molar-refractivity contribution in [2.45, 2.75) is 0 Å². The monoisotopic (exact) mass is 586 g/mol. The van der Waals surface area contributed by atoms with Gasteiger partial charge < -0.3 is 10.1 Å². The highest BCUT2D eigenvalue weighted by Crippen LogP contribution is 2.35. The molecule has 0 aliphatic heterocycles. The van der Waals surface area contributed by atoms with Crippen molar-refractivity contribution in [1.82, 2.24) is 0 Å². The van der Waals surface area contributed by atoms with Gasteiger partial charge in [-0.25, -0.2) is 0 Å². The average molecular weight is 588 g/mol. The van der Waals surface area contributed by atoms with E-state index in [9.17, 15) is 10.1 Å². The van der Waals surface area contributed by atoms with Crippen LogP contribution in [0.25, 0.3) is 6.08 Å². The summed E-state index contributed by atoms with van der Waals surface area (Å²) < 4.78 is 8.03. The summed E-state index contributed by atoms with van der Waals surface area (Å²) in [6.07, 6.45) is 3.17. The Morgan fingerprint density at radius 3 is 2.42 bits per heavy atom. The lowest BCUT2D eigenvalue weighted by atomic mass is 10.1. The van der Waals surface area contributed by atoms with E-state index >= 15 is 0 Å². The van der Waals surface area contributed by atoms with Gasteiger partial charge in [-0.3, -0.25) is 4.79 Å². The molecule has 1 N–H and O–H groups in total. The van der Waals surface area contributed by atoms with E-state index in [1.165, 1.54) is 6.08 Å². The predicted molar refractivity (Wildman–Crippen MR) is 119 cm³/mol. The maximum Gasteiger partial charge on any atom is 0.266 e. The Balaban J connectivity index is 2.24. The molecule has 2 aromatic rings. The second-order valence-electron chi connectivity index (χ2n) is 5.04. The van der Waals surface area contributed by atoms with Gasteiger partial charge in [-0.1, -0.05) is 12.7 Å². The van der Waals surface area contributed by atoms with Gasteiger partial charge in [0.2, 0.25) is 0 Å². The highest BCUT2D eigenvalue weighted by molar-refractivity contribution is 14.1. The van der Waals surface area contributed by atoms with Crippen molar-refractivity contribution in [3.8, 4) is 11.8 Å². The van der Waals surface area contributed by atoms with E-state index in [0.29, 0.717) is 32.6 Å². The number of rotatable bonds is 6. The SMILES string of the molecule is C=CCOc1c(Br)cc(/C=C(\C#N)C(=O)Nc2ccc(I)cc2)cc1Br. The standard InChI is InChI=1S/C19H13Br2IN2O2/c1-2-7-26-18-16(20)9-12(10-17(18)21)8-13(11-23)19(25)24-15-5-3-14(22)4-6-15/h2-6,8-10H,1,7H2,(H,24,25)/b13-8+. The molecular formula is C19H13Br2IN2O2. The van der Waals surface area contributed by atoms with E-state index in [4.69, 9.17) is 4.74 Å². The number of carbonyl (C=O) groups is 1. The number of carbonyl (C=O) groups excluding carboxylic acids is 1. The summed E-state index contributed by atoms with van der Waals surface area (Å²) in [7, 11) is 0. The Morgan fingerprint density at radius 2 is 1.88 bits per heavy atom. The number of benzene rings is 2. The van der Waals surface area contributed by atoms with E-state index in [0.717, 1.165) is 3.57 Å². The van der Waals surface area contributed by atoms with Crippen LogP contribution in [0, 0.1) is 14.9 Å². The van der Waals surface area contributed by atoms with Crippen molar-refractivity contribution in [3.05, 3.63) is 72.7 Å². The zero-order chi connectivity index (χ0) is 19.1. The molecule has 7 heteroatoms. The molecule has 0 spiro atoms. The lowest BCUT2D eigenvalue weighted by molar-refractivity contribution is -0.112. The predicted octanol–water partition coefficient (Wildman–Crippen LogP) is 5.93. The van der Waals surface area contributed by atoms with Crippen LogP contribution in [0.5, 0.6) is 5.75 Å². The Bertz CT molecular complexity index is 880. The highest BCUT2D eigenvalue weighted by Gasteiger charge is 2.12. The average Bonchev–Trinajstić information content (AvgIpc) is 2.61. The lowest BCUT2D eigenvalue weighted by Gasteiger charge is -2.10. The number of amides is 1. The van der Waals surface area contributed by atoms with Crippen LogP contribution in [0.15, 0.2) is 63.6 Å². The first-order valence-corrected chi connectivity index (χ1v) is 10.0. The molecule has 0 aromatic heterocycles. The van der Waals surface area contributed by atoms with Crippen LogP contribution >= 0.6 is 54.5 Å². The first kappa shape index (κ1) is 20.7. The molecule has 0 saturated heterocycles. The summed E-state index contributed by atoms with van der Waals surface area (Å²) in [5.74, 6) is 0.164. The molecule has 0 radical (unpaired) electrons. The molecule has 0 atom stereocenters. The smallest absolute Gasteiger partial charge is 0.266 e. The van der Waals surface area contributed by atoms with Gasteiger partial charge in [-0.05, 0) is 102 Å². The van der Waals surface area contributed by atoms with E-state index in [-0.39, 0.29) is 5.57 Å². The number of nitrogens with one attached hydrogen (secondary N) is 1. The minimum absolute atomic E-state index is 0.00195. The van der Waals surface area contributed by atoms with Gasteiger partial charge in [0.25, 0.3) is 5.91 Å². The molecule has 2 rings (SSSR count). The van der Waals surface area contributed by atoms with Crippen LogP contribution in [0.2, 0.25) is 0 Å². The molecule has 1 amide bonds. The van der Waals surface area contributed by atoms with E-state index in [1.807, 2.05) is 18.2 Å². The van der Waals surface area contributed by atoms with Crippen LogP contribution in [0.4, 0.5) is 5.69 Å². The number of nitrogens with zero attached hydrogens (tertiary/aromatic N) is 1. The molecule has 4 nitrogen and oxygen atoms in total. The van der Waals surface area contributed by atoms with Crippen molar-refractivity contribution in [2.24, 2.45) is 0 Å². The minimum atomic E-state index is -0.465. The number of halogens is 3. The summed E-state index contributed by atoms with van der Waals surface area (Å²) in [6.45, 7) is 3.98. The molecule has 0 saturated carbocycles. The largest absolute Gasteiger partial charge is 0.487 e. The molecule has 26 heavy (non-hydrogen) atoms. The van der Waals surface area contributed by atoms with Crippen LogP contribution < -0.4 is 10.1 Å². The zero-order valence-electron chi connectivity index (χ0n) is 13.4. The number of nitriles is 1. The molecule has 0 bridgehead atoms. The molecule has 2 aromatic carbocycles. The van der Waals surface area contributed by atoms with Gasteiger partial charge in [-0.2, -0.15) is 5.26 Å². The first-order valence-electron chi connectivity index (χ1n) is 7.36. The first-order chi connectivity index (χ1) is 12.4. The van der Waals surface area contributed by atoms with Gasteiger partial charge in [0, 0.05) is 9.26 Å². The van der Waals surface area contributed by atoms with Gasteiger partial charge in [0.15, 0.2) is 0 Å². The number of hydrogen-bond acceptors (Lipinski definition) is 3. The van der Waals surface area contributed by atoms with Crippen LogP contribution in [-0.2, 0) is 4.79 Å². The Hall–Kier alpha value is -1.63. The summed E-state index contributed by atoms with van der Waals surface area (Å²) in [6, 6.07) is 12.8. The molecule has 0 aliphatic rings. The summed E-state index contributed by atoms with van der Waals surface area (Å²) in [5.41, 5.74) is 1.32. The van der Waals surface area contributed by atoms with Crippen molar-refractivity contribution < 1.29 is 9.53 Å². The fraction of sp³-hybridized carbons (Fsp3) is 0.0526. The second kappa shape index (κ2) is 9.90. The minimum Gasteiger partial charge on any atom is -0.487 e. The van der Waals surface area contributed by atoms with Crippen molar-refractivity contribution >= 4 is 72.1 Å². The normalized spacial score (nSPS) is 10.8. The highest BCUT2D eigenvalue weighted by atomic mass is 127. The maximum absolute atomic E-state index is 12.3. The summed E-state index contributed by atoms with van der Waals surface area (Å²) in [5, 5.41) is 12.1. The molecular weight excluding hydrogens is 575 g/mol. The number of anilines is 1. The van der Waals surface area contributed by atoms with Gasteiger partial charge in [0.1, 0.15) is 24.0 Å². The fourth-order valence-electron chi connectivity index (χ4n) is 1.99. The molecule has 0 heterocycles. The second-order valence-corrected chi connectivity index (χ2v) is 8.00.